The lowest BCUT2D eigenvalue weighted by Crippen LogP contribution is -2.19. The Kier molecular flexibility index (Phi) is 3.18. The molecule has 0 spiro atoms. The number of aryl methyl sites for hydroxylation is 2. The first-order chi connectivity index (χ1) is 8.77. The largest absolute Gasteiger partial charge is 0.449 e. The van der Waals surface area contributed by atoms with E-state index < -0.39 is 17.6 Å². The minimum atomic E-state index is -4.67. The maximum atomic E-state index is 12.6. The van der Waals surface area contributed by atoms with Crippen LogP contribution in [0.1, 0.15) is 17.0 Å². The van der Waals surface area contributed by atoms with E-state index in [9.17, 15) is 18.0 Å². The molecule has 2 rings (SSSR count). The molecule has 1 aromatic carbocycles. The molecule has 0 aliphatic heterocycles. The van der Waals surface area contributed by atoms with Gasteiger partial charge in [0, 0.05) is 11.6 Å². The molecule has 100 valence electrons. The zero-order chi connectivity index (χ0) is 14.2. The molecule has 0 amide bonds. The van der Waals surface area contributed by atoms with Gasteiger partial charge < -0.3 is 4.98 Å². The molecule has 0 radical (unpaired) electrons. The number of nitrogens with one attached hydrogen (secondary N) is 1. The SMILES string of the molecule is Cc1ccc(C)c(-c2cc(=O)[nH]c(C(F)(F)F)n2)c1. The lowest BCUT2D eigenvalue weighted by atomic mass is 10.0. The summed E-state index contributed by atoms with van der Waals surface area (Å²) in [5, 5.41) is 0. The van der Waals surface area contributed by atoms with E-state index in [1.807, 2.05) is 13.0 Å². The molecule has 6 heteroatoms. The zero-order valence-corrected chi connectivity index (χ0v) is 10.3. The van der Waals surface area contributed by atoms with Crippen molar-refractivity contribution in [2.24, 2.45) is 0 Å². The lowest BCUT2D eigenvalue weighted by molar-refractivity contribution is -0.145. The van der Waals surface area contributed by atoms with Crippen LogP contribution in [-0.4, -0.2) is 9.97 Å². The second kappa shape index (κ2) is 4.53. The molecule has 0 aliphatic rings. The number of rotatable bonds is 1. The molecular weight excluding hydrogens is 257 g/mol. The Morgan fingerprint density at radius 3 is 2.47 bits per heavy atom. The lowest BCUT2D eigenvalue weighted by Gasteiger charge is -2.09. The van der Waals surface area contributed by atoms with E-state index in [1.54, 1.807) is 24.0 Å². The third-order valence-corrected chi connectivity index (χ3v) is 2.68. The van der Waals surface area contributed by atoms with Crippen molar-refractivity contribution in [1.82, 2.24) is 9.97 Å². The van der Waals surface area contributed by atoms with Crippen LogP contribution in [0.3, 0.4) is 0 Å². The summed E-state index contributed by atoms with van der Waals surface area (Å²) in [5.41, 5.74) is 1.38. The summed E-state index contributed by atoms with van der Waals surface area (Å²) in [6, 6.07) is 6.39. The molecule has 0 aliphatic carbocycles. The highest BCUT2D eigenvalue weighted by Crippen LogP contribution is 2.28. The van der Waals surface area contributed by atoms with Crippen molar-refractivity contribution in [3.05, 3.63) is 51.6 Å². The van der Waals surface area contributed by atoms with Gasteiger partial charge in [0.2, 0.25) is 5.82 Å². The summed E-state index contributed by atoms with van der Waals surface area (Å²) >= 11 is 0. The summed E-state index contributed by atoms with van der Waals surface area (Å²) in [4.78, 5) is 16.5. The Morgan fingerprint density at radius 2 is 1.84 bits per heavy atom. The fourth-order valence-corrected chi connectivity index (χ4v) is 1.74. The molecule has 0 fully saturated rings. The van der Waals surface area contributed by atoms with Crippen molar-refractivity contribution in [2.75, 3.05) is 0 Å². The van der Waals surface area contributed by atoms with Gasteiger partial charge in [-0.3, -0.25) is 4.79 Å². The summed E-state index contributed by atoms with van der Waals surface area (Å²) in [5.74, 6) is -1.28. The zero-order valence-electron chi connectivity index (χ0n) is 10.3. The number of hydrogen-bond donors (Lipinski definition) is 1. The Balaban J connectivity index is 2.66. The Labute approximate surface area is 107 Å². The third-order valence-electron chi connectivity index (χ3n) is 2.68. The minimum absolute atomic E-state index is 0.0253. The van der Waals surface area contributed by atoms with Gasteiger partial charge in [0.1, 0.15) is 0 Å². The molecule has 0 bridgehead atoms. The van der Waals surface area contributed by atoms with E-state index in [1.165, 1.54) is 0 Å². The molecule has 0 saturated carbocycles. The standard InChI is InChI=1S/C13H11F3N2O/c1-7-3-4-8(2)9(5-7)10-6-11(19)18-12(17-10)13(14,15)16/h3-6H,1-2H3,(H,17,18,19). The molecule has 1 aromatic heterocycles. The molecule has 0 unspecified atom stereocenters. The van der Waals surface area contributed by atoms with Gasteiger partial charge in [0.15, 0.2) is 0 Å². The van der Waals surface area contributed by atoms with E-state index in [0.717, 1.165) is 17.2 Å². The van der Waals surface area contributed by atoms with Crippen molar-refractivity contribution >= 4 is 0 Å². The van der Waals surface area contributed by atoms with Crippen LogP contribution in [0.15, 0.2) is 29.1 Å². The highest BCUT2D eigenvalue weighted by atomic mass is 19.4. The highest BCUT2D eigenvalue weighted by molar-refractivity contribution is 5.64. The maximum Gasteiger partial charge on any atom is 0.449 e. The molecule has 3 nitrogen and oxygen atoms in total. The first-order valence-corrected chi connectivity index (χ1v) is 5.53. The van der Waals surface area contributed by atoms with Crippen molar-refractivity contribution in [3.8, 4) is 11.3 Å². The number of hydrogen-bond acceptors (Lipinski definition) is 2. The van der Waals surface area contributed by atoms with Gasteiger partial charge in [-0.25, -0.2) is 4.98 Å². The van der Waals surface area contributed by atoms with E-state index in [4.69, 9.17) is 0 Å². The number of halogens is 3. The molecule has 2 aromatic rings. The quantitative estimate of drug-likeness (QED) is 0.863. The van der Waals surface area contributed by atoms with E-state index in [-0.39, 0.29) is 5.69 Å². The van der Waals surface area contributed by atoms with Crippen molar-refractivity contribution in [3.63, 3.8) is 0 Å². The summed E-state index contributed by atoms with van der Waals surface area (Å²) in [6.45, 7) is 3.58. The molecule has 19 heavy (non-hydrogen) atoms. The Morgan fingerprint density at radius 1 is 1.16 bits per heavy atom. The summed E-state index contributed by atoms with van der Waals surface area (Å²) in [6.07, 6.45) is -4.67. The number of nitrogens with zero attached hydrogens (tertiary/aromatic N) is 1. The highest BCUT2D eigenvalue weighted by Gasteiger charge is 2.34. The number of aromatic amines is 1. The van der Waals surface area contributed by atoms with Crippen LogP contribution in [0, 0.1) is 13.8 Å². The smallest absolute Gasteiger partial charge is 0.303 e. The number of H-pyrrole nitrogens is 1. The van der Waals surface area contributed by atoms with Gasteiger partial charge in [0.05, 0.1) is 5.69 Å². The molecule has 1 N–H and O–H groups in total. The van der Waals surface area contributed by atoms with Crippen LogP contribution >= 0.6 is 0 Å². The maximum absolute atomic E-state index is 12.6. The second-order valence-corrected chi connectivity index (χ2v) is 4.30. The Hall–Kier alpha value is -2.11. The topological polar surface area (TPSA) is 45.8 Å². The van der Waals surface area contributed by atoms with Gasteiger partial charge in [-0.05, 0) is 25.5 Å². The van der Waals surface area contributed by atoms with Gasteiger partial charge >= 0.3 is 6.18 Å². The van der Waals surface area contributed by atoms with Crippen LogP contribution in [-0.2, 0) is 6.18 Å². The van der Waals surface area contributed by atoms with Crippen molar-refractivity contribution < 1.29 is 13.2 Å². The van der Waals surface area contributed by atoms with E-state index >= 15 is 0 Å². The van der Waals surface area contributed by atoms with Gasteiger partial charge in [-0.2, -0.15) is 13.2 Å². The molecule has 0 saturated heterocycles. The Bertz CT molecular complexity index is 674. The fraction of sp³-hybridized carbons (Fsp3) is 0.231. The van der Waals surface area contributed by atoms with Crippen LogP contribution in [0.25, 0.3) is 11.3 Å². The van der Waals surface area contributed by atoms with E-state index in [0.29, 0.717) is 5.56 Å². The first kappa shape index (κ1) is 13.3. The van der Waals surface area contributed by atoms with Crippen molar-refractivity contribution in [2.45, 2.75) is 20.0 Å². The van der Waals surface area contributed by atoms with Crippen molar-refractivity contribution in [1.29, 1.82) is 0 Å². The number of aromatic nitrogens is 2. The van der Waals surface area contributed by atoms with E-state index in [2.05, 4.69) is 4.98 Å². The molecule has 0 atom stereocenters. The predicted molar refractivity (Wildman–Crippen MR) is 64.8 cm³/mol. The fourth-order valence-electron chi connectivity index (χ4n) is 1.74. The van der Waals surface area contributed by atoms with Crippen LogP contribution < -0.4 is 5.56 Å². The minimum Gasteiger partial charge on any atom is -0.303 e. The third kappa shape index (κ3) is 2.83. The van der Waals surface area contributed by atoms with Crippen LogP contribution in [0.5, 0.6) is 0 Å². The number of alkyl halides is 3. The number of benzene rings is 1. The normalized spacial score (nSPS) is 11.6. The average Bonchev–Trinajstić information content (AvgIpc) is 2.30. The predicted octanol–water partition coefficient (Wildman–Crippen LogP) is 3.07. The van der Waals surface area contributed by atoms with Crippen LogP contribution in [0.4, 0.5) is 13.2 Å². The van der Waals surface area contributed by atoms with Gasteiger partial charge in [0.25, 0.3) is 5.56 Å². The summed E-state index contributed by atoms with van der Waals surface area (Å²) in [7, 11) is 0. The molecule has 1 heterocycles. The van der Waals surface area contributed by atoms with Gasteiger partial charge in [-0.15, -0.1) is 0 Å². The monoisotopic (exact) mass is 268 g/mol. The summed E-state index contributed by atoms with van der Waals surface area (Å²) < 4.78 is 37.8. The van der Waals surface area contributed by atoms with Crippen LogP contribution in [0.2, 0.25) is 0 Å². The van der Waals surface area contributed by atoms with Gasteiger partial charge in [-0.1, -0.05) is 17.7 Å². The average molecular weight is 268 g/mol. The first-order valence-electron chi connectivity index (χ1n) is 5.53. The molecular formula is C13H11F3N2O. The second-order valence-electron chi connectivity index (χ2n) is 4.30.